The van der Waals surface area contributed by atoms with Crippen LogP contribution in [-0.4, -0.2) is 0 Å². The topological polar surface area (TPSA) is 0 Å². The van der Waals surface area contributed by atoms with E-state index >= 15 is 0 Å². The number of hydrogen-bond acceptors (Lipinski definition) is 0. The van der Waals surface area contributed by atoms with E-state index in [0.29, 0.717) is 0 Å². The quantitative estimate of drug-likeness (QED) is 0.377. The molecule has 0 spiro atoms. The highest BCUT2D eigenvalue weighted by atomic mass is 14.3. The molecule has 1 aromatic carbocycles. The molecule has 0 N–H and O–H groups in total. The van der Waals surface area contributed by atoms with E-state index in [1.807, 2.05) is 52.8 Å². The van der Waals surface area contributed by atoms with E-state index in [0.717, 1.165) is 0 Å². The third kappa shape index (κ3) is 8.19. The van der Waals surface area contributed by atoms with Gasteiger partial charge in [-0.1, -0.05) is 141 Å². The standard InChI is InChI=1S/C26H34.2C2H6/c1-9-13-16-21(12-4)25(5,6)23-17-19-24(20-18-23)26(7,8)22(14-10-2)15-11-3;2*1-2/h9-20H,1-2H2,3-8H3;2*1-2H3/b15-11-,16-13-,21-12+,22-14+;;. The summed E-state index contributed by atoms with van der Waals surface area (Å²) in [5.74, 6) is 0. The zero-order chi connectivity index (χ0) is 23.8. The molecule has 30 heavy (non-hydrogen) atoms. The van der Waals surface area contributed by atoms with Crippen LogP contribution in [0.2, 0.25) is 0 Å². The second kappa shape index (κ2) is 15.5. The summed E-state index contributed by atoms with van der Waals surface area (Å²) < 4.78 is 0. The summed E-state index contributed by atoms with van der Waals surface area (Å²) in [6.45, 7) is 28.8. The molecule has 0 aliphatic heterocycles. The minimum Gasteiger partial charge on any atom is -0.0991 e. The van der Waals surface area contributed by atoms with E-state index in [2.05, 4.69) is 102 Å². The van der Waals surface area contributed by atoms with Gasteiger partial charge in [0, 0.05) is 10.8 Å². The first-order valence-corrected chi connectivity index (χ1v) is 11.3. The van der Waals surface area contributed by atoms with E-state index in [-0.39, 0.29) is 10.8 Å². The molecule has 1 rings (SSSR count). The van der Waals surface area contributed by atoms with Crippen molar-refractivity contribution in [3.8, 4) is 0 Å². The van der Waals surface area contributed by atoms with E-state index in [1.165, 1.54) is 22.3 Å². The minimum absolute atomic E-state index is 0.0555. The minimum atomic E-state index is -0.0739. The van der Waals surface area contributed by atoms with Crippen LogP contribution < -0.4 is 0 Å². The number of allylic oxidation sites excluding steroid dienone is 10. The van der Waals surface area contributed by atoms with Gasteiger partial charge < -0.3 is 0 Å². The van der Waals surface area contributed by atoms with Gasteiger partial charge in [0.1, 0.15) is 0 Å². The highest BCUT2D eigenvalue weighted by molar-refractivity contribution is 5.46. The Hall–Kier alpha value is -2.34. The van der Waals surface area contributed by atoms with E-state index in [4.69, 9.17) is 0 Å². The predicted molar refractivity (Wildman–Crippen MR) is 141 cm³/mol. The normalized spacial score (nSPS) is 12.7. The maximum Gasteiger partial charge on any atom is 0.0146 e. The molecular formula is C30H46. The molecule has 0 nitrogen and oxygen atoms in total. The monoisotopic (exact) mass is 406 g/mol. The molecule has 0 saturated heterocycles. The van der Waals surface area contributed by atoms with Crippen molar-refractivity contribution in [2.75, 3.05) is 0 Å². The Morgan fingerprint density at radius 2 is 1.13 bits per heavy atom. The second-order valence-corrected chi connectivity index (χ2v) is 7.52. The van der Waals surface area contributed by atoms with Crippen LogP contribution in [0.1, 0.15) is 80.4 Å². The number of rotatable bonds is 8. The lowest BCUT2D eigenvalue weighted by atomic mass is 9.74. The fraction of sp³-hybridized carbons (Fsp3) is 0.400. The van der Waals surface area contributed by atoms with Crippen molar-refractivity contribution in [3.63, 3.8) is 0 Å². The van der Waals surface area contributed by atoms with Crippen molar-refractivity contribution in [2.45, 2.75) is 80.1 Å². The molecule has 0 fully saturated rings. The first-order valence-electron chi connectivity index (χ1n) is 11.3. The largest absolute Gasteiger partial charge is 0.0991 e. The molecule has 1 aromatic rings. The highest BCUT2D eigenvalue weighted by Gasteiger charge is 2.26. The van der Waals surface area contributed by atoms with Crippen LogP contribution in [0.4, 0.5) is 0 Å². The molecule has 0 heterocycles. The number of hydrogen-bond donors (Lipinski definition) is 0. The predicted octanol–water partition coefficient (Wildman–Crippen LogP) is 9.67. The smallest absolute Gasteiger partial charge is 0.0146 e. The van der Waals surface area contributed by atoms with Crippen LogP contribution in [0.25, 0.3) is 0 Å². The van der Waals surface area contributed by atoms with E-state index in [1.54, 1.807) is 0 Å². The molecule has 0 unspecified atom stereocenters. The molecule has 0 atom stereocenters. The average molecular weight is 407 g/mol. The summed E-state index contributed by atoms with van der Waals surface area (Å²) in [5.41, 5.74) is 5.01. The average Bonchev–Trinajstić information content (AvgIpc) is 2.77. The summed E-state index contributed by atoms with van der Waals surface area (Å²) in [5, 5.41) is 0. The van der Waals surface area contributed by atoms with Gasteiger partial charge in [-0.25, -0.2) is 0 Å². The molecule has 0 amide bonds. The highest BCUT2D eigenvalue weighted by Crippen LogP contribution is 2.36. The van der Waals surface area contributed by atoms with Crippen molar-refractivity contribution in [1.82, 2.24) is 0 Å². The SMILES string of the molecule is C=C/C=C\C(=C/C)C(C)(C)c1ccc(C(C)(C)C(/C=C\C)=C/C=C)cc1.CC.CC. The Balaban J connectivity index is 0. The van der Waals surface area contributed by atoms with Crippen LogP contribution in [0.15, 0.2) is 97.2 Å². The molecule has 0 aliphatic carbocycles. The van der Waals surface area contributed by atoms with Crippen molar-refractivity contribution < 1.29 is 0 Å². The van der Waals surface area contributed by atoms with Crippen molar-refractivity contribution in [3.05, 3.63) is 108 Å². The van der Waals surface area contributed by atoms with E-state index in [9.17, 15) is 0 Å². The van der Waals surface area contributed by atoms with Crippen LogP contribution in [0, 0.1) is 0 Å². The fourth-order valence-electron chi connectivity index (χ4n) is 3.25. The lowest BCUT2D eigenvalue weighted by Crippen LogP contribution is -2.22. The lowest BCUT2D eigenvalue weighted by molar-refractivity contribution is 0.624. The zero-order valence-corrected chi connectivity index (χ0v) is 21.3. The molecule has 0 aliphatic rings. The van der Waals surface area contributed by atoms with Crippen LogP contribution in [0.5, 0.6) is 0 Å². The van der Waals surface area contributed by atoms with Crippen molar-refractivity contribution in [2.24, 2.45) is 0 Å². The second-order valence-electron chi connectivity index (χ2n) is 7.52. The first-order chi connectivity index (χ1) is 14.2. The Bertz CT molecular complexity index is 729. The molecule has 0 aromatic heterocycles. The summed E-state index contributed by atoms with van der Waals surface area (Å²) >= 11 is 0. The summed E-state index contributed by atoms with van der Waals surface area (Å²) in [6.07, 6.45) is 16.3. The Kier molecular flexibility index (Phi) is 15.4. The van der Waals surface area contributed by atoms with Crippen molar-refractivity contribution in [1.29, 1.82) is 0 Å². The lowest BCUT2D eigenvalue weighted by Gasteiger charge is -2.30. The zero-order valence-electron chi connectivity index (χ0n) is 21.3. The summed E-state index contributed by atoms with van der Waals surface area (Å²) in [4.78, 5) is 0. The summed E-state index contributed by atoms with van der Waals surface area (Å²) in [6, 6.07) is 9.01. The molecule has 166 valence electrons. The molecular weight excluding hydrogens is 360 g/mol. The molecule has 0 saturated carbocycles. The van der Waals surface area contributed by atoms with Gasteiger partial charge in [0.05, 0.1) is 0 Å². The molecule has 0 heteroatoms. The van der Waals surface area contributed by atoms with Crippen LogP contribution in [0.3, 0.4) is 0 Å². The maximum absolute atomic E-state index is 3.86. The van der Waals surface area contributed by atoms with Gasteiger partial charge in [0.15, 0.2) is 0 Å². The summed E-state index contributed by atoms with van der Waals surface area (Å²) in [7, 11) is 0. The maximum atomic E-state index is 3.86. The van der Waals surface area contributed by atoms with Crippen LogP contribution >= 0.6 is 0 Å². The van der Waals surface area contributed by atoms with Gasteiger partial charge in [0.2, 0.25) is 0 Å². The van der Waals surface area contributed by atoms with Gasteiger partial charge in [-0.05, 0) is 36.1 Å². The first kappa shape index (κ1) is 29.9. The molecule has 0 bridgehead atoms. The Labute approximate surface area is 188 Å². The Morgan fingerprint density at radius 3 is 1.47 bits per heavy atom. The Morgan fingerprint density at radius 1 is 0.700 bits per heavy atom. The third-order valence-electron chi connectivity index (χ3n) is 5.14. The van der Waals surface area contributed by atoms with Crippen LogP contribution in [-0.2, 0) is 10.8 Å². The van der Waals surface area contributed by atoms with Crippen molar-refractivity contribution >= 4 is 0 Å². The van der Waals surface area contributed by atoms with Gasteiger partial charge in [-0.3, -0.25) is 0 Å². The van der Waals surface area contributed by atoms with Gasteiger partial charge in [-0.15, -0.1) is 0 Å². The van der Waals surface area contributed by atoms with Gasteiger partial charge in [-0.2, -0.15) is 0 Å². The number of benzene rings is 1. The van der Waals surface area contributed by atoms with Gasteiger partial charge in [0.25, 0.3) is 0 Å². The molecule has 0 radical (unpaired) electrons. The van der Waals surface area contributed by atoms with E-state index < -0.39 is 0 Å². The fourth-order valence-corrected chi connectivity index (χ4v) is 3.25. The van der Waals surface area contributed by atoms with Gasteiger partial charge >= 0.3 is 0 Å². The third-order valence-corrected chi connectivity index (χ3v) is 5.14.